The van der Waals surface area contributed by atoms with Gasteiger partial charge in [0.2, 0.25) is 0 Å². The number of alkyl halides is 1. The van der Waals surface area contributed by atoms with Crippen molar-refractivity contribution in [1.82, 2.24) is 4.90 Å². The van der Waals surface area contributed by atoms with Gasteiger partial charge in [-0.3, -0.25) is 4.90 Å². The van der Waals surface area contributed by atoms with Crippen molar-refractivity contribution < 1.29 is 4.74 Å². The van der Waals surface area contributed by atoms with Gasteiger partial charge < -0.3 is 4.74 Å². The monoisotopic (exact) mass is 345 g/mol. The van der Waals surface area contributed by atoms with Gasteiger partial charge in [0.15, 0.2) is 0 Å². The van der Waals surface area contributed by atoms with Gasteiger partial charge in [-0.15, -0.1) is 11.6 Å². The Morgan fingerprint density at radius 2 is 2.21 bits per heavy atom. The lowest BCUT2D eigenvalue weighted by Gasteiger charge is -2.37. The second kappa shape index (κ2) is 7.51. The normalized spacial score (nSPS) is 15.6. The maximum atomic E-state index is 5.83. The van der Waals surface area contributed by atoms with Gasteiger partial charge in [0.1, 0.15) is 5.75 Å². The van der Waals surface area contributed by atoms with Gasteiger partial charge in [0.25, 0.3) is 0 Å². The van der Waals surface area contributed by atoms with Crippen LogP contribution in [0.4, 0.5) is 0 Å². The predicted octanol–water partition coefficient (Wildman–Crippen LogP) is 4.44. The smallest absolute Gasteiger partial charge is 0.133 e. The fourth-order valence-corrected chi connectivity index (χ4v) is 3.16. The van der Waals surface area contributed by atoms with Crippen molar-refractivity contribution in [3.63, 3.8) is 0 Å². The number of halogens is 2. The highest BCUT2D eigenvalue weighted by Crippen LogP contribution is 2.29. The molecule has 1 aliphatic carbocycles. The molecule has 0 atom stereocenters. The Kier molecular flexibility index (Phi) is 5.99. The van der Waals surface area contributed by atoms with Crippen molar-refractivity contribution in [2.45, 2.75) is 38.3 Å². The topological polar surface area (TPSA) is 12.5 Å². The molecule has 0 radical (unpaired) electrons. The van der Waals surface area contributed by atoms with Crippen LogP contribution in [0.15, 0.2) is 22.7 Å². The summed E-state index contributed by atoms with van der Waals surface area (Å²) in [6.07, 6.45) is 5.10. The van der Waals surface area contributed by atoms with E-state index < -0.39 is 0 Å². The third-order valence-corrected chi connectivity index (χ3v) is 4.66. The molecule has 1 aliphatic rings. The number of rotatable bonds is 7. The van der Waals surface area contributed by atoms with Crippen LogP contribution < -0.4 is 4.74 Å². The molecule has 1 aromatic rings. The van der Waals surface area contributed by atoms with Crippen molar-refractivity contribution in [3.05, 3.63) is 28.2 Å². The average molecular weight is 347 g/mol. The molecule has 19 heavy (non-hydrogen) atoms. The van der Waals surface area contributed by atoms with E-state index in [1.807, 2.05) is 6.07 Å². The van der Waals surface area contributed by atoms with E-state index in [1.54, 1.807) is 7.11 Å². The maximum Gasteiger partial charge on any atom is 0.133 e. The molecule has 0 unspecified atom stereocenters. The predicted molar refractivity (Wildman–Crippen MR) is 84.1 cm³/mol. The summed E-state index contributed by atoms with van der Waals surface area (Å²) in [4.78, 5) is 2.57. The second-order valence-electron chi connectivity index (χ2n) is 5.07. The largest absolute Gasteiger partial charge is 0.496 e. The minimum absolute atomic E-state index is 0.746. The number of hydrogen-bond acceptors (Lipinski definition) is 2. The molecule has 4 heteroatoms. The zero-order chi connectivity index (χ0) is 13.7. The van der Waals surface area contributed by atoms with Crippen LogP contribution in [-0.4, -0.2) is 30.5 Å². The molecule has 0 aliphatic heterocycles. The van der Waals surface area contributed by atoms with Gasteiger partial charge in [-0.25, -0.2) is 0 Å². The van der Waals surface area contributed by atoms with E-state index in [1.165, 1.54) is 24.8 Å². The van der Waals surface area contributed by atoms with Crippen LogP contribution >= 0.6 is 27.5 Å². The molecular formula is C15H21BrClNO. The Morgan fingerprint density at radius 1 is 1.42 bits per heavy atom. The van der Waals surface area contributed by atoms with E-state index in [2.05, 4.69) is 33.0 Å². The summed E-state index contributed by atoms with van der Waals surface area (Å²) >= 11 is 9.38. The first kappa shape index (κ1) is 15.1. The summed E-state index contributed by atoms with van der Waals surface area (Å²) in [6.45, 7) is 2.10. The zero-order valence-electron chi connectivity index (χ0n) is 11.4. The molecule has 1 saturated carbocycles. The summed E-state index contributed by atoms with van der Waals surface area (Å²) in [7, 11) is 1.70. The van der Waals surface area contributed by atoms with E-state index in [4.69, 9.17) is 16.3 Å². The molecule has 1 aromatic carbocycles. The van der Waals surface area contributed by atoms with Crippen LogP contribution in [0.3, 0.4) is 0 Å². The zero-order valence-corrected chi connectivity index (χ0v) is 13.7. The van der Waals surface area contributed by atoms with E-state index >= 15 is 0 Å². The van der Waals surface area contributed by atoms with Gasteiger partial charge in [-0.2, -0.15) is 0 Å². The third kappa shape index (κ3) is 4.11. The number of methoxy groups -OCH3 is 1. The number of hydrogen-bond donors (Lipinski definition) is 0. The van der Waals surface area contributed by atoms with Gasteiger partial charge in [0.05, 0.1) is 11.6 Å². The maximum absolute atomic E-state index is 5.83. The Balaban J connectivity index is 2.01. The third-order valence-electron chi connectivity index (χ3n) is 3.77. The molecule has 0 spiro atoms. The molecular weight excluding hydrogens is 326 g/mol. The quantitative estimate of drug-likeness (QED) is 0.677. The number of benzene rings is 1. The summed E-state index contributed by atoms with van der Waals surface area (Å²) in [5.41, 5.74) is 1.33. The van der Waals surface area contributed by atoms with Gasteiger partial charge in [-0.05, 0) is 59.4 Å². The highest BCUT2D eigenvalue weighted by Gasteiger charge is 2.24. The van der Waals surface area contributed by atoms with E-state index in [-0.39, 0.29) is 0 Å². The molecule has 0 bridgehead atoms. The first-order valence-corrected chi connectivity index (χ1v) is 8.19. The summed E-state index contributed by atoms with van der Waals surface area (Å²) < 4.78 is 6.30. The lowest BCUT2D eigenvalue weighted by Crippen LogP contribution is -2.40. The number of ether oxygens (including phenoxy) is 1. The molecule has 106 valence electrons. The van der Waals surface area contributed by atoms with Crippen LogP contribution in [0.5, 0.6) is 5.75 Å². The van der Waals surface area contributed by atoms with Crippen molar-refractivity contribution in [2.75, 3.05) is 19.5 Å². The second-order valence-corrected chi connectivity index (χ2v) is 6.30. The first-order valence-electron chi connectivity index (χ1n) is 6.87. The van der Waals surface area contributed by atoms with Crippen LogP contribution in [0, 0.1) is 0 Å². The standard InChI is InChI=1S/C15H21BrClNO/c1-19-15-7-6-12(10-14(15)16)11-18(9-3-8-17)13-4-2-5-13/h6-7,10,13H,2-5,8-9,11H2,1H3. The van der Waals surface area contributed by atoms with E-state index in [9.17, 15) is 0 Å². The Labute approximate surface area is 129 Å². The highest BCUT2D eigenvalue weighted by atomic mass is 79.9. The van der Waals surface area contributed by atoms with Gasteiger partial charge in [0, 0.05) is 18.5 Å². The molecule has 2 nitrogen and oxygen atoms in total. The molecule has 1 fully saturated rings. The molecule has 0 amide bonds. The van der Waals surface area contributed by atoms with Crippen LogP contribution in [-0.2, 0) is 6.54 Å². The van der Waals surface area contributed by atoms with Crippen LogP contribution in [0.1, 0.15) is 31.2 Å². The fourth-order valence-electron chi connectivity index (χ4n) is 2.45. The number of nitrogens with zero attached hydrogens (tertiary/aromatic N) is 1. The lowest BCUT2D eigenvalue weighted by atomic mass is 9.91. The molecule has 0 N–H and O–H groups in total. The molecule has 0 aromatic heterocycles. The van der Waals surface area contributed by atoms with Crippen LogP contribution in [0.2, 0.25) is 0 Å². The van der Waals surface area contributed by atoms with Crippen molar-refractivity contribution in [3.8, 4) is 5.75 Å². The fraction of sp³-hybridized carbons (Fsp3) is 0.600. The minimum atomic E-state index is 0.746. The van der Waals surface area contributed by atoms with Crippen molar-refractivity contribution in [2.24, 2.45) is 0 Å². The van der Waals surface area contributed by atoms with E-state index in [0.29, 0.717) is 0 Å². The van der Waals surface area contributed by atoms with Gasteiger partial charge in [-0.1, -0.05) is 12.5 Å². The Bertz CT molecular complexity index is 409. The molecule has 0 heterocycles. The van der Waals surface area contributed by atoms with Crippen molar-refractivity contribution in [1.29, 1.82) is 0 Å². The SMILES string of the molecule is COc1ccc(CN(CCCCl)C2CCC2)cc1Br. The first-order chi connectivity index (χ1) is 9.24. The van der Waals surface area contributed by atoms with Gasteiger partial charge >= 0.3 is 0 Å². The summed E-state index contributed by atoms with van der Waals surface area (Å²) in [6, 6.07) is 7.09. The lowest BCUT2D eigenvalue weighted by molar-refractivity contribution is 0.120. The van der Waals surface area contributed by atoms with Crippen molar-refractivity contribution >= 4 is 27.5 Å². The van der Waals surface area contributed by atoms with Crippen LogP contribution in [0.25, 0.3) is 0 Å². The summed E-state index contributed by atoms with van der Waals surface area (Å²) in [5.74, 6) is 1.63. The Hall–Kier alpha value is -0.250. The highest BCUT2D eigenvalue weighted by molar-refractivity contribution is 9.10. The summed E-state index contributed by atoms with van der Waals surface area (Å²) in [5, 5.41) is 0. The Morgan fingerprint density at radius 3 is 2.74 bits per heavy atom. The average Bonchev–Trinajstić information content (AvgIpc) is 2.34. The van der Waals surface area contributed by atoms with E-state index in [0.717, 1.165) is 41.7 Å². The minimum Gasteiger partial charge on any atom is -0.496 e. The molecule has 2 rings (SSSR count). The molecule has 0 saturated heterocycles.